The number of ether oxygens (including phenoxy) is 1. The van der Waals surface area contributed by atoms with Crippen LogP contribution in [-0.4, -0.2) is 31.4 Å². The third kappa shape index (κ3) is 2.34. The maximum Gasteiger partial charge on any atom is 0.266 e. The second kappa shape index (κ2) is 4.91. The minimum atomic E-state index is -0.212. The molecule has 94 valence electrons. The van der Waals surface area contributed by atoms with Crippen molar-refractivity contribution in [3.05, 3.63) is 40.7 Å². The molecule has 0 amide bonds. The normalized spacial score (nSPS) is 10.2. The lowest BCUT2D eigenvalue weighted by molar-refractivity contribution is 0.415. The molecule has 0 bridgehead atoms. The molecule has 5 heteroatoms. The van der Waals surface area contributed by atoms with Crippen LogP contribution >= 0.6 is 0 Å². The number of nitrogens with zero attached hydrogens (tertiary/aromatic N) is 2. The minimum absolute atomic E-state index is 0.212. The molecule has 1 N–H and O–H groups in total. The molecular formula is C13H15N3O2. The van der Waals surface area contributed by atoms with Gasteiger partial charge in [0.15, 0.2) is 0 Å². The van der Waals surface area contributed by atoms with Crippen molar-refractivity contribution in [1.82, 2.24) is 10.2 Å². The number of methoxy groups -OCH3 is 1. The summed E-state index contributed by atoms with van der Waals surface area (Å²) in [7, 11) is 5.38. The summed E-state index contributed by atoms with van der Waals surface area (Å²) in [5.41, 5.74) is 2.23. The zero-order chi connectivity index (χ0) is 13.1. The van der Waals surface area contributed by atoms with E-state index in [1.165, 1.54) is 6.07 Å². The van der Waals surface area contributed by atoms with Crippen LogP contribution in [0.15, 0.2) is 35.1 Å². The van der Waals surface area contributed by atoms with Crippen LogP contribution in [0.2, 0.25) is 0 Å². The van der Waals surface area contributed by atoms with Crippen LogP contribution < -0.4 is 15.2 Å². The Hall–Kier alpha value is -2.30. The summed E-state index contributed by atoms with van der Waals surface area (Å²) in [6.45, 7) is 0. The highest BCUT2D eigenvalue weighted by Gasteiger charge is 2.09. The molecule has 0 fully saturated rings. The molecule has 0 radical (unpaired) electrons. The van der Waals surface area contributed by atoms with Gasteiger partial charge in [-0.3, -0.25) is 4.79 Å². The van der Waals surface area contributed by atoms with Gasteiger partial charge in [0.1, 0.15) is 11.4 Å². The fourth-order valence-corrected chi connectivity index (χ4v) is 1.70. The third-order valence-electron chi connectivity index (χ3n) is 2.63. The molecule has 1 aromatic carbocycles. The quantitative estimate of drug-likeness (QED) is 0.890. The van der Waals surface area contributed by atoms with Crippen molar-refractivity contribution < 1.29 is 4.74 Å². The van der Waals surface area contributed by atoms with Crippen LogP contribution in [0.25, 0.3) is 11.3 Å². The van der Waals surface area contributed by atoms with Gasteiger partial charge in [0.2, 0.25) is 0 Å². The van der Waals surface area contributed by atoms with Gasteiger partial charge in [-0.1, -0.05) is 0 Å². The maximum absolute atomic E-state index is 11.3. The zero-order valence-corrected chi connectivity index (χ0v) is 10.6. The Labute approximate surface area is 105 Å². The summed E-state index contributed by atoms with van der Waals surface area (Å²) >= 11 is 0. The Morgan fingerprint density at radius 2 is 1.89 bits per heavy atom. The average Bonchev–Trinajstić information content (AvgIpc) is 2.39. The highest BCUT2D eigenvalue weighted by atomic mass is 16.5. The fraction of sp³-hybridized carbons (Fsp3) is 0.231. The smallest absolute Gasteiger partial charge is 0.266 e. The topological polar surface area (TPSA) is 58.2 Å². The van der Waals surface area contributed by atoms with Gasteiger partial charge in [0, 0.05) is 25.7 Å². The molecule has 0 aliphatic heterocycles. The number of hydrogen-bond donors (Lipinski definition) is 1. The predicted octanol–water partition coefficient (Wildman–Crippen LogP) is 1.51. The fourth-order valence-electron chi connectivity index (χ4n) is 1.70. The van der Waals surface area contributed by atoms with Gasteiger partial charge in [-0.15, -0.1) is 0 Å². The molecule has 1 heterocycles. The molecule has 0 unspecified atom stereocenters. The second-order valence-electron chi connectivity index (χ2n) is 4.09. The number of hydrogen-bond acceptors (Lipinski definition) is 4. The molecule has 0 aliphatic carbocycles. The number of benzene rings is 1. The molecule has 0 aliphatic rings. The van der Waals surface area contributed by atoms with Gasteiger partial charge in [-0.2, -0.15) is 5.10 Å². The van der Waals surface area contributed by atoms with Crippen molar-refractivity contribution in [2.45, 2.75) is 0 Å². The van der Waals surface area contributed by atoms with E-state index in [9.17, 15) is 4.79 Å². The lowest BCUT2D eigenvalue weighted by Crippen LogP contribution is -2.16. The lowest BCUT2D eigenvalue weighted by atomic mass is 10.1. The van der Waals surface area contributed by atoms with Crippen molar-refractivity contribution in [2.75, 3.05) is 26.1 Å². The molecule has 2 aromatic rings. The Morgan fingerprint density at radius 3 is 2.44 bits per heavy atom. The van der Waals surface area contributed by atoms with E-state index in [1.54, 1.807) is 7.11 Å². The number of nitrogens with one attached hydrogen (secondary N) is 1. The summed E-state index contributed by atoms with van der Waals surface area (Å²) < 4.78 is 5.11. The van der Waals surface area contributed by atoms with Crippen molar-refractivity contribution in [3.8, 4) is 17.0 Å². The predicted molar refractivity (Wildman–Crippen MR) is 71.2 cm³/mol. The van der Waals surface area contributed by atoms with Gasteiger partial charge < -0.3 is 9.64 Å². The number of rotatable bonds is 3. The van der Waals surface area contributed by atoms with Crippen molar-refractivity contribution >= 4 is 5.69 Å². The van der Waals surface area contributed by atoms with E-state index in [0.29, 0.717) is 0 Å². The third-order valence-corrected chi connectivity index (χ3v) is 2.63. The van der Waals surface area contributed by atoms with Gasteiger partial charge in [0.25, 0.3) is 5.56 Å². The van der Waals surface area contributed by atoms with E-state index >= 15 is 0 Å². The van der Waals surface area contributed by atoms with Gasteiger partial charge in [0.05, 0.1) is 12.8 Å². The first-order chi connectivity index (χ1) is 8.61. The molecule has 0 atom stereocenters. The van der Waals surface area contributed by atoms with E-state index in [0.717, 1.165) is 22.7 Å². The van der Waals surface area contributed by atoms with Crippen molar-refractivity contribution in [3.63, 3.8) is 0 Å². The monoisotopic (exact) mass is 245 g/mol. The number of anilines is 1. The van der Waals surface area contributed by atoms with Crippen LogP contribution in [0.3, 0.4) is 0 Å². The lowest BCUT2D eigenvalue weighted by Gasteiger charge is -2.15. The van der Waals surface area contributed by atoms with E-state index in [4.69, 9.17) is 4.74 Å². The summed E-state index contributed by atoms with van der Waals surface area (Å²) in [4.78, 5) is 13.2. The Kier molecular flexibility index (Phi) is 3.32. The molecule has 1 aromatic heterocycles. The molecular weight excluding hydrogens is 230 g/mol. The van der Waals surface area contributed by atoms with E-state index < -0.39 is 0 Å². The van der Waals surface area contributed by atoms with Crippen LogP contribution in [0.5, 0.6) is 5.75 Å². The van der Waals surface area contributed by atoms with Crippen LogP contribution in [0.1, 0.15) is 0 Å². The largest absolute Gasteiger partial charge is 0.497 e. The Balaban J connectivity index is 2.52. The number of aromatic amines is 1. The zero-order valence-electron chi connectivity index (χ0n) is 10.6. The Bertz CT molecular complexity index is 588. The van der Waals surface area contributed by atoms with Gasteiger partial charge >= 0.3 is 0 Å². The van der Waals surface area contributed by atoms with Gasteiger partial charge in [-0.05, 0) is 24.3 Å². The van der Waals surface area contributed by atoms with Crippen LogP contribution in [-0.2, 0) is 0 Å². The first-order valence-electron chi connectivity index (χ1n) is 5.53. The van der Waals surface area contributed by atoms with E-state index in [1.807, 2.05) is 43.3 Å². The molecule has 0 spiro atoms. The highest BCUT2D eigenvalue weighted by Crippen LogP contribution is 2.27. The maximum atomic E-state index is 11.3. The summed E-state index contributed by atoms with van der Waals surface area (Å²) in [6.07, 6.45) is 0. The summed E-state index contributed by atoms with van der Waals surface area (Å²) in [5, 5.41) is 6.56. The standard InChI is InChI=1S/C13H15N3O2/c1-16(2)11-8-12(17)14-15-13(11)9-4-6-10(18-3)7-5-9/h4-8H,1-3H3,(H,14,17). The minimum Gasteiger partial charge on any atom is -0.497 e. The second-order valence-corrected chi connectivity index (χ2v) is 4.09. The highest BCUT2D eigenvalue weighted by molar-refractivity contribution is 5.74. The number of aromatic nitrogens is 2. The van der Waals surface area contributed by atoms with Crippen molar-refractivity contribution in [1.29, 1.82) is 0 Å². The summed E-state index contributed by atoms with van der Waals surface area (Å²) in [5.74, 6) is 0.787. The van der Waals surface area contributed by atoms with Crippen LogP contribution in [0.4, 0.5) is 5.69 Å². The first-order valence-corrected chi connectivity index (χ1v) is 5.53. The molecule has 2 rings (SSSR count). The summed E-state index contributed by atoms with van der Waals surface area (Å²) in [6, 6.07) is 9.08. The van der Waals surface area contributed by atoms with E-state index in [2.05, 4.69) is 10.2 Å². The van der Waals surface area contributed by atoms with E-state index in [-0.39, 0.29) is 5.56 Å². The molecule has 5 nitrogen and oxygen atoms in total. The average molecular weight is 245 g/mol. The molecule has 18 heavy (non-hydrogen) atoms. The molecule has 0 saturated heterocycles. The first kappa shape index (κ1) is 12.2. The SMILES string of the molecule is COc1ccc(-c2n[nH]c(=O)cc2N(C)C)cc1. The van der Waals surface area contributed by atoms with Gasteiger partial charge in [-0.25, -0.2) is 5.10 Å². The van der Waals surface area contributed by atoms with Crippen LogP contribution in [0, 0.1) is 0 Å². The van der Waals surface area contributed by atoms with Crippen molar-refractivity contribution in [2.24, 2.45) is 0 Å². The Morgan fingerprint density at radius 1 is 1.22 bits per heavy atom. The molecule has 0 saturated carbocycles. The number of H-pyrrole nitrogens is 1.